The number of allylic oxidation sites excluding steroid dienone is 1. The van der Waals surface area contributed by atoms with Crippen molar-refractivity contribution in [3.8, 4) is 0 Å². The third kappa shape index (κ3) is 3.60. The number of hydrogen-bond acceptors (Lipinski definition) is 1. The number of anilines is 1. The van der Waals surface area contributed by atoms with Crippen molar-refractivity contribution in [3.63, 3.8) is 0 Å². The fourth-order valence-corrected chi connectivity index (χ4v) is 2.31. The van der Waals surface area contributed by atoms with Gasteiger partial charge in [-0.1, -0.05) is 11.6 Å². The highest BCUT2D eigenvalue weighted by Gasteiger charge is 2.22. The quantitative estimate of drug-likeness (QED) is 0.863. The molecule has 1 saturated carbocycles. The van der Waals surface area contributed by atoms with Crippen LogP contribution in [0.3, 0.4) is 0 Å². The largest absolute Gasteiger partial charge is 0.323 e. The van der Waals surface area contributed by atoms with Crippen molar-refractivity contribution in [3.05, 3.63) is 40.0 Å². The molecule has 4 heteroatoms. The van der Waals surface area contributed by atoms with Gasteiger partial charge in [0.25, 0.3) is 0 Å². The molecule has 0 aromatic heterocycles. The average molecular weight is 309 g/mol. The van der Waals surface area contributed by atoms with Crippen molar-refractivity contribution in [2.45, 2.75) is 26.7 Å². The summed E-state index contributed by atoms with van der Waals surface area (Å²) < 4.78 is 0.889. The molecule has 1 fully saturated rings. The summed E-state index contributed by atoms with van der Waals surface area (Å²) in [5.74, 6) is 0.677. The Balaban J connectivity index is 1.92. The molecular weight excluding hydrogens is 292 g/mol. The van der Waals surface area contributed by atoms with Crippen LogP contribution in [-0.4, -0.2) is 6.03 Å². The SMILES string of the molecule is C/C(=C\NC(=O)Nc1ccc(C)cc1Br)C1CC1. The summed E-state index contributed by atoms with van der Waals surface area (Å²) in [6.07, 6.45) is 4.29. The number of halogens is 1. The van der Waals surface area contributed by atoms with Gasteiger partial charge in [0.2, 0.25) is 0 Å². The Morgan fingerprint density at radius 3 is 2.78 bits per heavy atom. The maximum atomic E-state index is 11.7. The van der Waals surface area contributed by atoms with Gasteiger partial charge in [-0.05, 0) is 66.2 Å². The van der Waals surface area contributed by atoms with E-state index >= 15 is 0 Å². The van der Waals surface area contributed by atoms with Crippen LogP contribution >= 0.6 is 15.9 Å². The number of carbonyl (C=O) groups is 1. The number of rotatable bonds is 3. The first kappa shape index (κ1) is 13.1. The molecule has 0 aliphatic heterocycles. The van der Waals surface area contributed by atoms with Gasteiger partial charge in [0.05, 0.1) is 5.69 Å². The number of nitrogens with one attached hydrogen (secondary N) is 2. The lowest BCUT2D eigenvalue weighted by Gasteiger charge is -2.08. The molecule has 0 spiro atoms. The summed E-state index contributed by atoms with van der Waals surface area (Å²) in [5.41, 5.74) is 3.17. The number of carbonyl (C=O) groups excluding carboxylic acids is 1. The van der Waals surface area contributed by atoms with Gasteiger partial charge in [-0.2, -0.15) is 0 Å². The molecule has 0 unspecified atom stereocenters. The van der Waals surface area contributed by atoms with Crippen LogP contribution in [0.4, 0.5) is 10.5 Å². The Bertz CT molecular complexity index is 493. The van der Waals surface area contributed by atoms with Crippen LogP contribution in [0.25, 0.3) is 0 Å². The van der Waals surface area contributed by atoms with Crippen molar-refractivity contribution in [1.82, 2.24) is 5.32 Å². The highest BCUT2D eigenvalue weighted by Crippen LogP contribution is 2.35. The lowest BCUT2D eigenvalue weighted by molar-refractivity contribution is 0.255. The minimum Gasteiger partial charge on any atom is -0.314 e. The molecule has 0 bridgehead atoms. The number of urea groups is 1. The van der Waals surface area contributed by atoms with E-state index in [4.69, 9.17) is 0 Å². The van der Waals surface area contributed by atoms with E-state index < -0.39 is 0 Å². The Morgan fingerprint density at radius 2 is 2.17 bits per heavy atom. The van der Waals surface area contributed by atoms with Crippen LogP contribution in [0.2, 0.25) is 0 Å². The standard InChI is InChI=1S/C14H17BrN2O/c1-9-3-6-13(12(15)7-9)17-14(18)16-8-10(2)11-4-5-11/h3,6-8,11H,4-5H2,1-2H3,(H2,16,17,18)/b10-8+. The fourth-order valence-electron chi connectivity index (χ4n) is 1.72. The molecule has 0 saturated heterocycles. The van der Waals surface area contributed by atoms with E-state index in [1.165, 1.54) is 18.4 Å². The van der Waals surface area contributed by atoms with Gasteiger partial charge in [-0.15, -0.1) is 0 Å². The first-order valence-electron chi connectivity index (χ1n) is 6.06. The zero-order valence-corrected chi connectivity index (χ0v) is 12.2. The maximum absolute atomic E-state index is 11.7. The number of aryl methyl sites for hydroxylation is 1. The second-order valence-electron chi connectivity index (χ2n) is 4.74. The van der Waals surface area contributed by atoms with Gasteiger partial charge in [0, 0.05) is 10.7 Å². The molecule has 0 heterocycles. The number of benzene rings is 1. The summed E-state index contributed by atoms with van der Waals surface area (Å²) in [4.78, 5) is 11.7. The third-order valence-electron chi connectivity index (χ3n) is 3.03. The van der Waals surface area contributed by atoms with Gasteiger partial charge in [0.1, 0.15) is 0 Å². The van der Waals surface area contributed by atoms with Crippen LogP contribution in [0.1, 0.15) is 25.3 Å². The monoisotopic (exact) mass is 308 g/mol. The first-order chi connectivity index (χ1) is 8.56. The van der Waals surface area contributed by atoms with Gasteiger partial charge in [-0.3, -0.25) is 0 Å². The molecule has 96 valence electrons. The summed E-state index contributed by atoms with van der Waals surface area (Å²) in [5, 5.41) is 5.57. The predicted octanol–water partition coefficient (Wildman–Crippen LogP) is 4.19. The maximum Gasteiger partial charge on any atom is 0.323 e. The minimum atomic E-state index is -0.209. The van der Waals surface area contributed by atoms with Crippen molar-refractivity contribution in [2.24, 2.45) is 5.92 Å². The van der Waals surface area contributed by atoms with Crippen LogP contribution < -0.4 is 10.6 Å². The highest BCUT2D eigenvalue weighted by molar-refractivity contribution is 9.10. The van der Waals surface area contributed by atoms with Gasteiger partial charge in [0.15, 0.2) is 0 Å². The van der Waals surface area contributed by atoms with Crippen molar-refractivity contribution < 1.29 is 4.79 Å². The van der Waals surface area contributed by atoms with E-state index in [2.05, 4.69) is 33.5 Å². The smallest absolute Gasteiger partial charge is 0.314 e. The summed E-state index contributed by atoms with van der Waals surface area (Å²) in [7, 11) is 0. The molecule has 3 nitrogen and oxygen atoms in total. The molecule has 18 heavy (non-hydrogen) atoms. The third-order valence-corrected chi connectivity index (χ3v) is 3.68. The van der Waals surface area contributed by atoms with Gasteiger partial charge >= 0.3 is 6.03 Å². The molecule has 0 radical (unpaired) electrons. The van der Waals surface area contributed by atoms with E-state index in [0.717, 1.165) is 15.7 Å². The van der Waals surface area contributed by atoms with E-state index in [0.29, 0.717) is 5.92 Å². The number of hydrogen-bond donors (Lipinski definition) is 2. The molecular formula is C14H17BrN2O. The molecule has 1 aliphatic rings. The van der Waals surface area contributed by atoms with Gasteiger partial charge in [-0.25, -0.2) is 4.79 Å². The first-order valence-corrected chi connectivity index (χ1v) is 6.86. The Kier molecular flexibility index (Phi) is 4.07. The molecule has 2 N–H and O–H groups in total. The predicted molar refractivity (Wildman–Crippen MR) is 77.5 cm³/mol. The van der Waals surface area contributed by atoms with Crippen molar-refractivity contribution >= 4 is 27.6 Å². The van der Waals surface area contributed by atoms with E-state index in [-0.39, 0.29) is 6.03 Å². The Morgan fingerprint density at radius 1 is 1.44 bits per heavy atom. The second-order valence-corrected chi connectivity index (χ2v) is 5.60. The summed E-state index contributed by atoms with van der Waals surface area (Å²) >= 11 is 3.43. The highest BCUT2D eigenvalue weighted by atomic mass is 79.9. The van der Waals surface area contributed by atoms with E-state index in [1.54, 1.807) is 6.20 Å². The van der Waals surface area contributed by atoms with Crippen molar-refractivity contribution in [1.29, 1.82) is 0 Å². The van der Waals surface area contributed by atoms with Crippen molar-refractivity contribution in [2.75, 3.05) is 5.32 Å². The van der Waals surface area contributed by atoms with Crippen LogP contribution in [0.5, 0.6) is 0 Å². The summed E-state index contributed by atoms with van der Waals surface area (Å²) in [6, 6.07) is 5.61. The van der Waals surface area contributed by atoms with E-state index in [9.17, 15) is 4.79 Å². The van der Waals surface area contributed by atoms with E-state index in [1.807, 2.05) is 25.1 Å². The molecule has 1 aromatic carbocycles. The average Bonchev–Trinajstić information content (AvgIpc) is 3.14. The zero-order chi connectivity index (χ0) is 13.1. The van der Waals surface area contributed by atoms with Crippen LogP contribution in [0.15, 0.2) is 34.4 Å². The minimum absolute atomic E-state index is 0.209. The molecule has 2 rings (SSSR count). The lowest BCUT2D eigenvalue weighted by Crippen LogP contribution is -2.24. The molecule has 1 aromatic rings. The molecule has 2 amide bonds. The zero-order valence-electron chi connectivity index (χ0n) is 10.6. The van der Waals surface area contributed by atoms with Crippen LogP contribution in [-0.2, 0) is 0 Å². The normalized spacial score (nSPS) is 15.4. The molecule has 0 atom stereocenters. The Labute approximate surface area is 116 Å². The summed E-state index contributed by atoms with van der Waals surface area (Å²) in [6.45, 7) is 4.07. The van der Waals surface area contributed by atoms with Gasteiger partial charge < -0.3 is 10.6 Å². The lowest BCUT2D eigenvalue weighted by atomic mass is 10.2. The Hall–Kier alpha value is -1.29. The fraction of sp³-hybridized carbons (Fsp3) is 0.357. The topological polar surface area (TPSA) is 41.1 Å². The number of amides is 2. The second kappa shape index (κ2) is 5.57. The van der Waals surface area contributed by atoms with Crippen LogP contribution in [0, 0.1) is 12.8 Å². The molecule has 1 aliphatic carbocycles.